The van der Waals surface area contributed by atoms with E-state index in [-0.39, 0.29) is 6.04 Å². The molecule has 0 aliphatic carbocycles. The van der Waals surface area contributed by atoms with E-state index in [0.717, 1.165) is 23.3 Å². The van der Waals surface area contributed by atoms with E-state index in [4.69, 9.17) is 0 Å². The van der Waals surface area contributed by atoms with E-state index in [1.165, 1.54) is 11.3 Å². The number of hydrogen-bond donors (Lipinski definition) is 1. The Balaban J connectivity index is 2.51. The Morgan fingerprint density at radius 3 is 2.58 bits per heavy atom. The molecule has 2 rings (SSSR count). The molecule has 5 nitrogen and oxygen atoms in total. The lowest BCUT2D eigenvalue weighted by atomic mass is 10.0. The van der Waals surface area contributed by atoms with E-state index < -0.39 is 0 Å². The van der Waals surface area contributed by atoms with Gasteiger partial charge in [0, 0.05) is 24.8 Å². The molecular weight excluding hydrogens is 306 g/mol. The van der Waals surface area contributed by atoms with Crippen molar-refractivity contribution in [2.75, 3.05) is 6.54 Å². The van der Waals surface area contributed by atoms with Gasteiger partial charge < -0.3 is 5.32 Å². The van der Waals surface area contributed by atoms with Gasteiger partial charge in [-0.1, -0.05) is 6.92 Å². The lowest BCUT2D eigenvalue weighted by Crippen LogP contribution is -2.25. The number of rotatable bonds is 5. The third kappa shape index (κ3) is 2.60. The zero-order chi connectivity index (χ0) is 14.0. The number of aromatic nitrogens is 4. The highest BCUT2D eigenvalue weighted by Crippen LogP contribution is 2.30. The Kier molecular flexibility index (Phi) is 4.42. The highest BCUT2D eigenvalue weighted by molar-refractivity contribution is 9.10. The molecule has 0 fully saturated rings. The average molecular weight is 326 g/mol. The summed E-state index contributed by atoms with van der Waals surface area (Å²) >= 11 is 3.61. The Labute approximate surface area is 122 Å². The molecule has 0 amide bonds. The SMILES string of the molecule is CCNC(c1cnn(C)c1C)c1c(Br)cnn1CC. The molecule has 0 radical (unpaired) electrons. The van der Waals surface area contributed by atoms with E-state index in [9.17, 15) is 0 Å². The molecule has 2 heterocycles. The summed E-state index contributed by atoms with van der Waals surface area (Å²) in [5.41, 5.74) is 3.52. The van der Waals surface area contributed by atoms with E-state index in [2.05, 4.69) is 52.2 Å². The van der Waals surface area contributed by atoms with Crippen LogP contribution in [0.1, 0.15) is 36.8 Å². The lowest BCUT2D eigenvalue weighted by molar-refractivity contribution is 0.538. The van der Waals surface area contributed by atoms with E-state index in [0.29, 0.717) is 0 Å². The predicted molar refractivity (Wildman–Crippen MR) is 79.1 cm³/mol. The van der Waals surface area contributed by atoms with E-state index in [1.807, 2.05) is 28.8 Å². The standard InChI is InChI=1S/C13H20BrN5/c1-5-15-12(10-7-16-18(4)9(10)3)13-11(14)8-17-19(13)6-2/h7-8,12,15H,5-6H2,1-4H3. The van der Waals surface area contributed by atoms with Crippen molar-refractivity contribution in [2.24, 2.45) is 7.05 Å². The maximum absolute atomic E-state index is 4.40. The van der Waals surface area contributed by atoms with Crippen LogP contribution in [-0.2, 0) is 13.6 Å². The molecule has 0 spiro atoms. The van der Waals surface area contributed by atoms with Crippen LogP contribution in [0.5, 0.6) is 0 Å². The summed E-state index contributed by atoms with van der Waals surface area (Å²) in [6.07, 6.45) is 3.79. The lowest BCUT2D eigenvalue weighted by Gasteiger charge is -2.19. The molecule has 1 atom stereocenters. The minimum absolute atomic E-state index is 0.107. The van der Waals surface area contributed by atoms with Crippen molar-refractivity contribution in [1.29, 1.82) is 0 Å². The highest BCUT2D eigenvalue weighted by Gasteiger charge is 2.23. The van der Waals surface area contributed by atoms with Crippen molar-refractivity contribution < 1.29 is 0 Å². The van der Waals surface area contributed by atoms with Gasteiger partial charge in [-0.3, -0.25) is 9.36 Å². The average Bonchev–Trinajstić information content (AvgIpc) is 2.92. The maximum Gasteiger partial charge on any atom is 0.0793 e. The first kappa shape index (κ1) is 14.3. The first-order valence-electron chi connectivity index (χ1n) is 6.53. The van der Waals surface area contributed by atoms with Crippen LogP contribution in [0.4, 0.5) is 0 Å². The molecule has 0 aromatic carbocycles. The predicted octanol–water partition coefficient (Wildman–Crippen LogP) is 2.41. The first-order valence-corrected chi connectivity index (χ1v) is 7.32. The molecule has 19 heavy (non-hydrogen) atoms. The molecule has 0 saturated carbocycles. The van der Waals surface area contributed by atoms with Crippen LogP contribution < -0.4 is 5.32 Å². The molecule has 0 saturated heterocycles. The van der Waals surface area contributed by atoms with Crippen molar-refractivity contribution in [3.63, 3.8) is 0 Å². The smallest absolute Gasteiger partial charge is 0.0793 e. The second-order valence-electron chi connectivity index (χ2n) is 4.49. The van der Waals surface area contributed by atoms with Crippen molar-refractivity contribution in [3.05, 3.63) is 33.8 Å². The first-order chi connectivity index (χ1) is 9.10. The van der Waals surface area contributed by atoms with Crippen LogP contribution in [-0.4, -0.2) is 26.1 Å². The normalized spacial score (nSPS) is 12.9. The quantitative estimate of drug-likeness (QED) is 0.918. The Hall–Kier alpha value is -1.14. The molecule has 0 aliphatic heterocycles. The molecule has 0 bridgehead atoms. The fourth-order valence-electron chi connectivity index (χ4n) is 2.27. The second kappa shape index (κ2) is 5.88. The molecule has 0 aliphatic rings. The van der Waals surface area contributed by atoms with E-state index >= 15 is 0 Å². The zero-order valence-corrected chi connectivity index (χ0v) is 13.4. The maximum atomic E-state index is 4.40. The fraction of sp³-hybridized carbons (Fsp3) is 0.538. The third-order valence-electron chi connectivity index (χ3n) is 3.40. The van der Waals surface area contributed by atoms with Crippen LogP contribution >= 0.6 is 15.9 Å². The van der Waals surface area contributed by atoms with Gasteiger partial charge >= 0.3 is 0 Å². The summed E-state index contributed by atoms with van der Waals surface area (Å²) in [7, 11) is 1.97. The van der Waals surface area contributed by atoms with Crippen LogP contribution in [0.25, 0.3) is 0 Å². The highest BCUT2D eigenvalue weighted by atomic mass is 79.9. The largest absolute Gasteiger partial charge is 0.305 e. The van der Waals surface area contributed by atoms with Gasteiger partial charge in [0.1, 0.15) is 0 Å². The van der Waals surface area contributed by atoms with Gasteiger partial charge in [0.2, 0.25) is 0 Å². The second-order valence-corrected chi connectivity index (χ2v) is 5.35. The number of nitrogens with zero attached hydrogens (tertiary/aromatic N) is 4. The van der Waals surface area contributed by atoms with Gasteiger partial charge in [-0.15, -0.1) is 0 Å². The molecular formula is C13H20BrN5. The van der Waals surface area contributed by atoms with E-state index in [1.54, 1.807) is 0 Å². The minimum atomic E-state index is 0.107. The van der Waals surface area contributed by atoms with Crippen molar-refractivity contribution in [1.82, 2.24) is 24.9 Å². The van der Waals surface area contributed by atoms with Gasteiger partial charge in [0.05, 0.1) is 28.6 Å². The van der Waals surface area contributed by atoms with Crippen LogP contribution in [0.3, 0.4) is 0 Å². The van der Waals surface area contributed by atoms with Crippen molar-refractivity contribution in [2.45, 2.75) is 33.4 Å². The Bertz CT molecular complexity index is 557. The van der Waals surface area contributed by atoms with Crippen molar-refractivity contribution in [3.8, 4) is 0 Å². The molecule has 104 valence electrons. The summed E-state index contributed by atoms with van der Waals surface area (Å²) in [4.78, 5) is 0. The van der Waals surface area contributed by atoms with Crippen LogP contribution in [0.15, 0.2) is 16.9 Å². The minimum Gasteiger partial charge on any atom is -0.305 e. The molecule has 6 heteroatoms. The topological polar surface area (TPSA) is 47.7 Å². The van der Waals surface area contributed by atoms with Gasteiger partial charge in [0.25, 0.3) is 0 Å². The molecule has 1 N–H and O–H groups in total. The number of aryl methyl sites for hydroxylation is 2. The van der Waals surface area contributed by atoms with Gasteiger partial charge in [-0.05, 0) is 36.3 Å². The summed E-state index contributed by atoms with van der Waals surface area (Å²) in [5.74, 6) is 0. The van der Waals surface area contributed by atoms with Crippen LogP contribution in [0, 0.1) is 6.92 Å². The Morgan fingerprint density at radius 1 is 1.32 bits per heavy atom. The molecule has 2 aromatic rings. The summed E-state index contributed by atoms with van der Waals surface area (Å²) < 4.78 is 4.95. The zero-order valence-electron chi connectivity index (χ0n) is 11.8. The van der Waals surface area contributed by atoms with Gasteiger partial charge in [-0.25, -0.2) is 0 Å². The summed E-state index contributed by atoms with van der Waals surface area (Å²) in [6, 6.07) is 0.107. The van der Waals surface area contributed by atoms with Gasteiger partial charge in [0.15, 0.2) is 0 Å². The molecule has 1 unspecified atom stereocenters. The summed E-state index contributed by atoms with van der Waals surface area (Å²) in [5, 5.41) is 12.3. The monoisotopic (exact) mass is 325 g/mol. The van der Waals surface area contributed by atoms with Crippen LogP contribution in [0.2, 0.25) is 0 Å². The number of nitrogens with one attached hydrogen (secondary N) is 1. The Morgan fingerprint density at radius 2 is 2.05 bits per heavy atom. The van der Waals surface area contributed by atoms with Gasteiger partial charge in [-0.2, -0.15) is 10.2 Å². The number of halogens is 1. The number of hydrogen-bond acceptors (Lipinski definition) is 3. The summed E-state index contributed by atoms with van der Waals surface area (Å²) in [6.45, 7) is 8.04. The van der Waals surface area contributed by atoms with Crippen molar-refractivity contribution >= 4 is 15.9 Å². The molecule has 2 aromatic heterocycles. The fourth-order valence-corrected chi connectivity index (χ4v) is 2.79. The third-order valence-corrected chi connectivity index (χ3v) is 4.01.